The van der Waals surface area contributed by atoms with E-state index in [1.807, 2.05) is 25.1 Å². The normalized spacial score (nSPS) is 22.9. The van der Waals surface area contributed by atoms with Crippen molar-refractivity contribution in [3.63, 3.8) is 0 Å². The first kappa shape index (κ1) is 22.7. The summed E-state index contributed by atoms with van der Waals surface area (Å²) in [6, 6.07) is 7.55. The highest BCUT2D eigenvalue weighted by Gasteiger charge is 2.32. The molecule has 2 atom stereocenters. The van der Waals surface area contributed by atoms with E-state index < -0.39 is 6.10 Å². The van der Waals surface area contributed by atoms with Crippen LogP contribution in [0.4, 0.5) is 0 Å². The van der Waals surface area contributed by atoms with Gasteiger partial charge < -0.3 is 19.3 Å². The molecule has 184 valence electrons. The third kappa shape index (κ3) is 4.04. The van der Waals surface area contributed by atoms with Crippen molar-refractivity contribution < 1.29 is 28.9 Å². The van der Waals surface area contributed by atoms with Crippen LogP contribution in [0.25, 0.3) is 0 Å². The molecule has 4 aliphatic heterocycles. The largest absolute Gasteiger partial charge is 0.457 e. The lowest BCUT2D eigenvalue weighted by atomic mass is 9.90. The molecule has 8 nitrogen and oxygen atoms in total. The van der Waals surface area contributed by atoms with Crippen molar-refractivity contribution in [2.24, 2.45) is 0 Å². The van der Waals surface area contributed by atoms with Gasteiger partial charge in [-0.15, -0.1) is 0 Å². The Kier molecular flexibility index (Phi) is 5.84. The minimum Gasteiger partial charge on any atom is -0.457 e. The number of hydrogen-bond acceptors (Lipinski definition) is 8. The Labute approximate surface area is 204 Å². The number of rotatable bonds is 5. The smallest absolute Gasteiger partial charge is 0.338 e. The van der Waals surface area contributed by atoms with Crippen LogP contribution in [-0.4, -0.2) is 72.7 Å². The minimum absolute atomic E-state index is 0.00381. The van der Waals surface area contributed by atoms with Crippen LogP contribution in [-0.2, 0) is 33.8 Å². The molecule has 4 aliphatic rings. The molecule has 0 amide bonds. The monoisotopic (exact) mass is 478 g/mol. The van der Waals surface area contributed by atoms with Gasteiger partial charge in [0.05, 0.1) is 29.9 Å². The highest BCUT2D eigenvalue weighted by molar-refractivity contribution is 5.94. The predicted octanol–water partition coefficient (Wildman–Crippen LogP) is 2.30. The zero-order valence-corrected chi connectivity index (χ0v) is 19.9. The van der Waals surface area contributed by atoms with Gasteiger partial charge in [-0.3, -0.25) is 9.80 Å². The quantitative estimate of drug-likeness (QED) is 0.655. The number of aliphatic hydroxyl groups excluding tert-OH is 1. The van der Waals surface area contributed by atoms with Crippen LogP contribution in [0.15, 0.2) is 24.3 Å². The van der Waals surface area contributed by atoms with Gasteiger partial charge in [0.25, 0.3) is 0 Å². The van der Waals surface area contributed by atoms with E-state index in [9.17, 15) is 14.7 Å². The van der Waals surface area contributed by atoms with Crippen molar-refractivity contribution in [3.8, 4) is 0 Å². The van der Waals surface area contributed by atoms with Gasteiger partial charge in [-0.25, -0.2) is 9.59 Å². The molecule has 0 radical (unpaired) electrons. The van der Waals surface area contributed by atoms with E-state index in [1.165, 1.54) is 11.1 Å². The highest BCUT2D eigenvalue weighted by Crippen LogP contribution is 2.35. The average Bonchev–Trinajstić information content (AvgIpc) is 3.44. The lowest BCUT2D eigenvalue weighted by Gasteiger charge is -2.38. The fraction of sp³-hybridized carbons (Fsp3) is 0.481. The highest BCUT2D eigenvalue weighted by atomic mass is 16.5. The summed E-state index contributed by atoms with van der Waals surface area (Å²) in [4.78, 5) is 28.4. The lowest BCUT2D eigenvalue weighted by Crippen LogP contribution is -2.49. The average molecular weight is 479 g/mol. The van der Waals surface area contributed by atoms with Gasteiger partial charge >= 0.3 is 11.9 Å². The molecule has 4 heterocycles. The van der Waals surface area contributed by atoms with Crippen LogP contribution in [0, 0.1) is 6.92 Å². The van der Waals surface area contributed by atoms with Gasteiger partial charge in [-0.2, -0.15) is 0 Å². The van der Waals surface area contributed by atoms with E-state index in [2.05, 4.69) is 9.80 Å². The van der Waals surface area contributed by atoms with Gasteiger partial charge in [0.1, 0.15) is 13.2 Å². The molecule has 0 aliphatic carbocycles. The van der Waals surface area contributed by atoms with Gasteiger partial charge in [0.15, 0.2) is 0 Å². The Morgan fingerprint density at radius 3 is 2.34 bits per heavy atom. The Morgan fingerprint density at radius 2 is 1.57 bits per heavy atom. The third-order valence-electron chi connectivity index (χ3n) is 7.94. The summed E-state index contributed by atoms with van der Waals surface area (Å²) in [6.45, 7) is 8.20. The van der Waals surface area contributed by atoms with Crippen molar-refractivity contribution in [1.82, 2.24) is 9.80 Å². The predicted molar refractivity (Wildman–Crippen MR) is 126 cm³/mol. The molecule has 2 aromatic carbocycles. The summed E-state index contributed by atoms with van der Waals surface area (Å²) in [6.07, 6.45) is 0.207. The number of benzene rings is 2. The summed E-state index contributed by atoms with van der Waals surface area (Å²) in [5.41, 5.74) is 7.47. The first-order chi connectivity index (χ1) is 17.0. The number of carbonyl (C=O) groups excluding carboxylic acids is 2. The summed E-state index contributed by atoms with van der Waals surface area (Å²) >= 11 is 0. The molecule has 1 fully saturated rings. The molecular formula is C27H30N2O6. The second-order valence-electron chi connectivity index (χ2n) is 9.84. The number of aliphatic hydroxyl groups is 1. The van der Waals surface area contributed by atoms with E-state index in [1.54, 1.807) is 6.07 Å². The second kappa shape index (κ2) is 9.02. The number of hydrogen-bond donors (Lipinski definition) is 1. The van der Waals surface area contributed by atoms with Crippen molar-refractivity contribution in [3.05, 3.63) is 68.8 Å². The van der Waals surface area contributed by atoms with Gasteiger partial charge in [0, 0.05) is 50.4 Å². The number of fused-ring (bicyclic) bond motifs is 4. The number of piperazine rings is 1. The Bertz CT molecular complexity index is 1190. The maximum Gasteiger partial charge on any atom is 0.338 e. The number of carbonyl (C=O) groups is 2. The first-order valence-corrected chi connectivity index (χ1v) is 12.3. The Hall–Kier alpha value is -2.78. The maximum atomic E-state index is 11.9. The molecule has 2 aromatic rings. The molecule has 0 aromatic heterocycles. The minimum atomic E-state index is -0.608. The van der Waals surface area contributed by atoms with Gasteiger partial charge in [-0.1, -0.05) is 12.1 Å². The van der Waals surface area contributed by atoms with E-state index in [4.69, 9.17) is 14.2 Å². The zero-order chi connectivity index (χ0) is 24.1. The van der Waals surface area contributed by atoms with Crippen molar-refractivity contribution >= 4 is 11.9 Å². The van der Waals surface area contributed by atoms with Crippen LogP contribution in [0.1, 0.15) is 66.3 Å². The number of cyclic esters (lactones) is 2. The molecule has 0 bridgehead atoms. The van der Waals surface area contributed by atoms with Gasteiger partial charge in [-0.05, 0) is 47.7 Å². The van der Waals surface area contributed by atoms with Crippen LogP contribution >= 0.6 is 0 Å². The van der Waals surface area contributed by atoms with Gasteiger partial charge in [0.2, 0.25) is 0 Å². The molecule has 35 heavy (non-hydrogen) atoms. The maximum absolute atomic E-state index is 11.9. The Morgan fingerprint density at radius 1 is 0.914 bits per heavy atom. The van der Waals surface area contributed by atoms with E-state index in [-0.39, 0.29) is 24.6 Å². The lowest BCUT2D eigenvalue weighted by molar-refractivity contribution is -0.000287. The summed E-state index contributed by atoms with van der Waals surface area (Å²) in [5.74, 6) is -0.503. The zero-order valence-electron chi connectivity index (χ0n) is 19.9. The Balaban J connectivity index is 1.06. The molecule has 0 unspecified atom stereocenters. The molecule has 1 saturated heterocycles. The van der Waals surface area contributed by atoms with Crippen molar-refractivity contribution in [1.29, 1.82) is 0 Å². The van der Waals surface area contributed by atoms with E-state index >= 15 is 0 Å². The fourth-order valence-corrected chi connectivity index (χ4v) is 5.88. The summed E-state index contributed by atoms with van der Waals surface area (Å²) in [7, 11) is 0. The van der Waals surface area contributed by atoms with Crippen LogP contribution in [0.5, 0.6) is 0 Å². The number of esters is 2. The van der Waals surface area contributed by atoms with Crippen LogP contribution in [0.2, 0.25) is 0 Å². The molecule has 8 heteroatoms. The first-order valence-electron chi connectivity index (χ1n) is 12.3. The van der Waals surface area contributed by atoms with Crippen LogP contribution in [0.3, 0.4) is 0 Å². The molecule has 1 N–H and O–H groups in total. The van der Waals surface area contributed by atoms with Crippen LogP contribution < -0.4 is 0 Å². The molecule has 0 spiro atoms. The standard InChI is InChI=1S/C27H30N2O6/c1-16-17(2-4-20-22(16)14-34-26(20)31)24(30)12-28-7-9-29(10-8-28)13-25-19-3-5-21-23(15-35-27(21)32)18(19)6-11-33-25/h2-5,24-25,30H,6-15H2,1H3/t24-,25-/m1/s1. The number of β-amino-alcohol motifs (C(OH)–C–C–N with tert-alkyl or cyclic N) is 1. The number of ether oxygens (including phenoxy) is 3. The molecular weight excluding hydrogens is 448 g/mol. The van der Waals surface area contributed by atoms with E-state index in [0.29, 0.717) is 30.9 Å². The summed E-state index contributed by atoms with van der Waals surface area (Å²) in [5, 5.41) is 10.9. The number of nitrogens with zero attached hydrogens (tertiary/aromatic N) is 2. The molecule has 6 rings (SSSR count). The SMILES string of the molecule is Cc1c([C@H](O)CN2CCN(C[C@H]3OCCc4c3ccc3c4COC3=O)CC2)ccc2c1COC2=O. The van der Waals surface area contributed by atoms with Crippen molar-refractivity contribution in [2.75, 3.05) is 45.9 Å². The summed E-state index contributed by atoms with van der Waals surface area (Å²) < 4.78 is 16.5. The topological polar surface area (TPSA) is 88.5 Å². The van der Waals surface area contributed by atoms with Crippen molar-refractivity contribution in [2.45, 2.75) is 38.8 Å². The third-order valence-corrected chi connectivity index (χ3v) is 7.94. The fourth-order valence-electron chi connectivity index (χ4n) is 5.88. The second-order valence-corrected chi connectivity index (χ2v) is 9.84. The van der Waals surface area contributed by atoms with E-state index in [0.717, 1.165) is 61.4 Å². The molecule has 0 saturated carbocycles.